The zero-order chi connectivity index (χ0) is 15.5. The zero-order valence-corrected chi connectivity index (χ0v) is 13.1. The van der Waals surface area contributed by atoms with E-state index in [-0.39, 0.29) is 17.5 Å². The minimum atomic E-state index is -3.57. The summed E-state index contributed by atoms with van der Waals surface area (Å²) >= 11 is 0. The monoisotopic (exact) mass is 308 g/mol. The zero-order valence-electron chi connectivity index (χ0n) is 12.3. The van der Waals surface area contributed by atoms with Gasteiger partial charge in [0.25, 0.3) is 0 Å². The minimum Gasteiger partial charge on any atom is -0.495 e. The number of sulfonamides is 1. The van der Waals surface area contributed by atoms with Gasteiger partial charge in [-0.25, -0.2) is 8.42 Å². The molecule has 1 fully saturated rings. The maximum absolute atomic E-state index is 12.8. The Morgan fingerprint density at radius 1 is 1.43 bits per heavy atom. The first kappa shape index (κ1) is 15.8. The second-order valence-electron chi connectivity index (χ2n) is 4.81. The molecule has 1 aliphatic carbocycles. The van der Waals surface area contributed by atoms with Crippen LogP contribution in [0.1, 0.15) is 25.3 Å². The van der Waals surface area contributed by atoms with E-state index in [1.54, 1.807) is 18.2 Å². The fourth-order valence-corrected chi connectivity index (χ4v) is 4.10. The van der Waals surface area contributed by atoms with Crippen LogP contribution in [0.15, 0.2) is 23.1 Å². The second-order valence-corrected chi connectivity index (χ2v) is 6.67. The van der Waals surface area contributed by atoms with Crippen LogP contribution in [0.2, 0.25) is 0 Å². The van der Waals surface area contributed by atoms with Crippen LogP contribution in [0.25, 0.3) is 0 Å². The van der Waals surface area contributed by atoms with Gasteiger partial charge < -0.3 is 10.5 Å². The normalized spacial score (nSPS) is 14.7. The van der Waals surface area contributed by atoms with Gasteiger partial charge >= 0.3 is 0 Å². The predicted octanol–water partition coefficient (Wildman–Crippen LogP) is 1.18. The average molecular weight is 308 g/mol. The van der Waals surface area contributed by atoms with Gasteiger partial charge in [-0.05, 0) is 31.0 Å². The predicted molar refractivity (Wildman–Crippen MR) is 81.5 cm³/mol. The number of nitrogens with two attached hydrogens (primary N) is 1. The molecule has 0 saturated heterocycles. The van der Waals surface area contributed by atoms with Crippen molar-refractivity contribution in [2.75, 3.05) is 20.2 Å². The molecule has 114 valence electrons. The summed E-state index contributed by atoms with van der Waals surface area (Å²) in [7, 11) is -2.10. The molecule has 0 aliphatic heterocycles. The topological polar surface area (TPSA) is 72.6 Å². The Hall–Kier alpha value is -1.55. The summed E-state index contributed by atoms with van der Waals surface area (Å²) in [6, 6.07) is 5.03. The Labute approximate surface area is 126 Å². The van der Waals surface area contributed by atoms with E-state index in [4.69, 9.17) is 10.5 Å². The van der Waals surface area contributed by atoms with E-state index in [1.165, 1.54) is 11.4 Å². The SMILES string of the molecule is CCN(C1CC1)S(=O)(=O)c1cc(C#CCN)ccc1OC. The van der Waals surface area contributed by atoms with Gasteiger partial charge in [0, 0.05) is 18.2 Å². The molecule has 2 rings (SSSR count). The lowest BCUT2D eigenvalue weighted by atomic mass is 10.2. The summed E-state index contributed by atoms with van der Waals surface area (Å²) in [6.07, 6.45) is 1.84. The lowest BCUT2D eigenvalue weighted by molar-refractivity contribution is 0.390. The number of benzene rings is 1. The molecule has 0 radical (unpaired) electrons. The van der Waals surface area contributed by atoms with Crippen LogP contribution in [-0.2, 0) is 10.0 Å². The van der Waals surface area contributed by atoms with Gasteiger partial charge in [-0.1, -0.05) is 18.8 Å². The van der Waals surface area contributed by atoms with Crippen molar-refractivity contribution >= 4 is 10.0 Å². The van der Waals surface area contributed by atoms with Crippen molar-refractivity contribution < 1.29 is 13.2 Å². The van der Waals surface area contributed by atoms with Crippen molar-refractivity contribution in [3.63, 3.8) is 0 Å². The van der Waals surface area contributed by atoms with Crippen LogP contribution < -0.4 is 10.5 Å². The van der Waals surface area contributed by atoms with Crippen LogP contribution in [-0.4, -0.2) is 39.0 Å². The molecule has 0 spiro atoms. The average Bonchev–Trinajstić information content (AvgIpc) is 3.30. The van der Waals surface area contributed by atoms with Crippen LogP contribution in [0.4, 0.5) is 0 Å². The molecule has 0 amide bonds. The highest BCUT2D eigenvalue weighted by molar-refractivity contribution is 7.89. The molecule has 6 heteroatoms. The second kappa shape index (κ2) is 6.48. The molecule has 1 aromatic rings. The molecular formula is C15H20N2O3S. The Bertz CT molecular complexity index is 670. The van der Waals surface area contributed by atoms with Gasteiger partial charge in [-0.3, -0.25) is 0 Å². The maximum atomic E-state index is 12.8. The van der Waals surface area contributed by atoms with Gasteiger partial charge in [0.15, 0.2) is 0 Å². The van der Waals surface area contributed by atoms with Crippen LogP contribution in [0.3, 0.4) is 0 Å². The Morgan fingerprint density at radius 3 is 2.67 bits per heavy atom. The molecule has 5 nitrogen and oxygen atoms in total. The third-order valence-electron chi connectivity index (χ3n) is 3.35. The van der Waals surface area contributed by atoms with Crippen LogP contribution in [0, 0.1) is 11.8 Å². The van der Waals surface area contributed by atoms with Crippen molar-refractivity contribution in [3.8, 4) is 17.6 Å². The van der Waals surface area contributed by atoms with Crippen molar-refractivity contribution in [2.24, 2.45) is 5.73 Å². The highest BCUT2D eigenvalue weighted by atomic mass is 32.2. The standard InChI is InChI=1S/C15H20N2O3S/c1-3-17(13-7-8-13)21(18,19)15-11-12(5-4-10-16)6-9-14(15)20-2/h6,9,11,13H,3,7-8,10,16H2,1-2H3. The number of hydrogen-bond donors (Lipinski definition) is 1. The number of rotatable bonds is 5. The largest absolute Gasteiger partial charge is 0.495 e. The highest BCUT2D eigenvalue weighted by Gasteiger charge is 2.38. The molecule has 0 atom stereocenters. The first-order valence-corrected chi connectivity index (χ1v) is 8.37. The third-order valence-corrected chi connectivity index (χ3v) is 5.40. The van der Waals surface area contributed by atoms with E-state index in [1.807, 2.05) is 6.92 Å². The van der Waals surface area contributed by atoms with E-state index in [0.29, 0.717) is 17.9 Å². The quantitative estimate of drug-likeness (QED) is 0.829. The summed E-state index contributed by atoms with van der Waals surface area (Å²) < 4.78 is 32.4. The highest BCUT2D eigenvalue weighted by Crippen LogP contribution is 2.35. The van der Waals surface area contributed by atoms with E-state index >= 15 is 0 Å². The number of ether oxygens (including phenoxy) is 1. The molecule has 2 N–H and O–H groups in total. The molecule has 1 aromatic carbocycles. The van der Waals surface area contributed by atoms with Gasteiger partial charge in [0.05, 0.1) is 13.7 Å². The van der Waals surface area contributed by atoms with E-state index in [9.17, 15) is 8.42 Å². The molecule has 1 aliphatic rings. The van der Waals surface area contributed by atoms with Gasteiger partial charge in [-0.2, -0.15) is 4.31 Å². The van der Waals surface area contributed by atoms with Gasteiger partial charge in [-0.15, -0.1) is 0 Å². The van der Waals surface area contributed by atoms with Crippen molar-refractivity contribution in [1.82, 2.24) is 4.31 Å². The molecule has 0 bridgehead atoms. The van der Waals surface area contributed by atoms with Crippen molar-refractivity contribution in [2.45, 2.75) is 30.7 Å². The molecule has 21 heavy (non-hydrogen) atoms. The summed E-state index contributed by atoms with van der Waals surface area (Å²) in [5.74, 6) is 5.92. The van der Waals surface area contributed by atoms with Gasteiger partial charge in [0.2, 0.25) is 10.0 Å². The molecule has 0 aromatic heterocycles. The summed E-state index contributed by atoms with van der Waals surface area (Å²) in [4.78, 5) is 0.169. The summed E-state index contributed by atoms with van der Waals surface area (Å²) in [5, 5.41) is 0. The lowest BCUT2D eigenvalue weighted by Gasteiger charge is -2.21. The number of nitrogens with zero attached hydrogens (tertiary/aromatic N) is 1. The van der Waals surface area contributed by atoms with E-state index in [2.05, 4.69) is 11.8 Å². The van der Waals surface area contributed by atoms with Crippen LogP contribution in [0.5, 0.6) is 5.75 Å². The first-order valence-electron chi connectivity index (χ1n) is 6.93. The smallest absolute Gasteiger partial charge is 0.247 e. The van der Waals surface area contributed by atoms with Gasteiger partial charge in [0.1, 0.15) is 10.6 Å². The lowest BCUT2D eigenvalue weighted by Crippen LogP contribution is -2.33. The molecular weight excluding hydrogens is 288 g/mol. The maximum Gasteiger partial charge on any atom is 0.247 e. The fraction of sp³-hybridized carbons (Fsp3) is 0.467. The van der Waals surface area contributed by atoms with E-state index in [0.717, 1.165) is 12.8 Å². The Morgan fingerprint density at radius 2 is 2.14 bits per heavy atom. The van der Waals surface area contributed by atoms with Crippen molar-refractivity contribution in [1.29, 1.82) is 0 Å². The van der Waals surface area contributed by atoms with Crippen LogP contribution >= 0.6 is 0 Å². The Kier molecular flexibility index (Phi) is 4.88. The minimum absolute atomic E-state index is 0.114. The molecule has 0 unspecified atom stereocenters. The third kappa shape index (κ3) is 3.38. The molecule has 1 saturated carbocycles. The van der Waals surface area contributed by atoms with E-state index < -0.39 is 10.0 Å². The summed E-state index contributed by atoms with van der Waals surface area (Å²) in [5.41, 5.74) is 5.97. The number of methoxy groups -OCH3 is 1. The number of hydrogen-bond acceptors (Lipinski definition) is 4. The van der Waals surface area contributed by atoms with Crippen molar-refractivity contribution in [3.05, 3.63) is 23.8 Å². The molecule has 0 heterocycles. The summed E-state index contributed by atoms with van der Waals surface area (Å²) in [6.45, 7) is 2.53. The fourth-order valence-electron chi connectivity index (χ4n) is 2.22. The first-order chi connectivity index (χ1) is 10.0. The Balaban J connectivity index is 2.48.